The third-order valence-corrected chi connectivity index (χ3v) is 4.16. The molecule has 0 atom stereocenters. The molecule has 1 aromatic rings. The molecule has 0 amide bonds. The Morgan fingerprint density at radius 3 is 2.74 bits per heavy atom. The summed E-state index contributed by atoms with van der Waals surface area (Å²) in [6.07, 6.45) is 1.74. The van der Waals surface area contributed by atoms with E-state index >= 15 is 0 Å². The standard InChI is InChI=1S/C13H21FN2O2S/c1-4-13(5-2,11(17)18-3)10-9-19-12(16-10)15-8-6-7-14/h9H,4-8H2,1-3H3,(H,15,16). The van der Waals surface area contributed by atoms with Crippen LogP contribution >= 0.6 is 11.3 Å². The van der Waals surface area contributed by atoms with Crippen LogP contribution in [0.1, 0.15) is 38.8 Å². The summed E-state index contributed by atoms with van der Waals surface area (Å²) in [7, 11) is 1.40. The number of nitrogens with one attached hydrogen (secondary N) is 1. The molecule has 0 unspecified atom stereocenters. The highest BCUT2D eigenvalue weighted by Crippen LogP contribution is 2.34. The van der Waals surface area contributed by atoms with E-state index in [-0.39, 0.29) is 12.6 Å². The van der Waals surface area contributed by atoms with E-state index in [0.717, 1.165) is 10.8 Å². The van der Waals surface area contributed by atoms with Gasteiger partial charge in [-0.2, -0.15) is 0 Å². The normalized spacial score (nSPS) is 11.4. The smallest absolute Gasteiger partial charge is 0.317 e. The summed E-state index contributed by atoms with van der Waals surface area (Å²) in [4.78, 5) is 16.5. The number of methoxy groups -OCH3 is 1. The third-order valence-electron chi connectivity index (χ3n) is 3.36. The van der Waals surface area contributed by atoms with Crippen molar-refractivity contribution in [2.45, 2.75) is 38.5 Å². The number of nitrogens with zero attached hydrogens (tertiary/aromatic N) is 1. The Hall–Kier alpha value is -1.17. The molecule has 0 radical (unpaired) electrons. The Kier molecular flexibility index (Phi) is 6.21. The molecule has 1 aromatic heterocycles. The van der Waals surface area contributed by atoms with Crippen LogP contribution in [0.25, 0.3) is 0 Å². The van der Waals surface area contributed by atoms with Gasteiger partial charge in [-0.05, 0) is 19.3 Å². The molecule has 0 fully saturated rings. The summed E-state index contributed by atoms with van der Waals surface area (Å²) in [6, 6.07) is 0. The fraction of sp³-hybridized carbons (Fsp3) is 0.692. The Morgan fingerprint density at radius 1 is 1.53 bits per heavy atom. The molecule has 0 spiro atoms. The Morgan fingerprint density at radius 2 is 2.21 bits per heavy atom. The maximum absolute atomic E-state index is 12.0. The number of hydrogen-bond donors (Lipinski definition) is 1. The maximum atomic E-state index is 12.0. The Labute approximate surface area is 117 Å². The number of halogens is 1. The van der Waals surface area contributed by atoms with Crippen molar-refractivity contribution < 1.29 is 13.9 Å². The highest BCUT2D eigenvalue weighted by atomic mass is 32.1. The molecule has 4 nitrogen and oxygen atoms in total. The minimum absolute atomic E-state index is 0.252. The largest absolute Gasteiger partial charge is 0.468 e. The Bertz CT molecular complexity index is 405. The van der Waals surface area contributed by atoms with E-state index in [2.05, 4.69) is 10.3 Å². The molecule has 0 aromatic carbocycles. The molecular formula is C13H21FN2O2S. The number of esters is 1. The van der Waals surface area contributed by atoms with E-state index in [9.17, 15) is 9.18 Å². The number of anilines is 1. The van der Waals surface area contributed by atoms with Crippen LogP contribution < -0.4 is 5.32 Å². The fourth-order valence-corrected chi connectivity index (χ4v) is 2.88. The van der Waals surface area contributed by atoms with Crippen molar-refractivity contribution in [1.29, 1.82) is 0 Å². The van der Waals surface area contributed by atoms with Crippen LogP contribution in [0, 0.1) is 0 Å². The second kappa shape index (κ2) is 7.43. The Balaban J connectivity index is 2.89. The predicted octanol–water partition coefficient (Wildman–Crippen LogP) is 3.15. The molecule has 0 saturated carbocycles. The quantitative estimate of drug-likeness (QED) is 0.590. The molecule has 1 heterocycles. The summed E-state index contributed by atoms with van der Waals surface area (Å²) in [5.41, 5.74) is 0.0581. The minimum atomic E-state index is -0.675. The number of rotatable bonds is 8. The van der Waals surface area contributed by atoms with Crippen LogP contribution in [0.4, 0.5) is 9.52 Å². The zero-order chi connectivity index (χ0) is 14.3. The molecule has 0 saturated heterocycles. The van der Waals surface area contributed by atoms with Gasteiger partial charge in [-0.25, -0.2) is 4.98 Å². The summed E-state index contributed by atoms with van der Waals surface area (Å²) in [6.45, 7) is 4.11. The molecule has 6 heteroatoms. The molecular weight excluding hydrogens is 267 g/mol. The van der Waals surface area contributed by atoms with Crippen LogP contribution in [-0.4, -0.2) is 31.3 Å². The number of aromatic nitrogens is 1. The molecule has 0 aliphatic carbocycles. The van der Waals surface area contributed by atoms with Crippen molar-refractivity contribution in [3.8, 4) is 0 Å². The lowest BCUT2D eigenvalue weighted by atomic mass is 9.80. The number of alkyl halides is 1. The van der Waals surface area contributed by atoms with Gasteiger partial charge in [0.15, 0.2) is 5.13 Å². The van der Waals surface area contributed by atoms with Gasteiger partial charge in [0.2, 0.25) is 0 Å². The van der Waals surface area contributed by atoms with Crippen molar-refractivity contribution >= 4 is 22.4 Å². The molecule has 108 valence electrons. The summed E-state index contributed by atoms with van der Waals surface area (Å²) in [5, 5.41) is 5.66. The zero-order valence-corrected chi connectivity index (χ0v) is 12.5. The first-order chi connectivity index (χ1) is 9.14. The van der Waals surface area contributed by atoms with Gasteiger partial charge in [0.25, 0.3) is 0 Å². The summed E-state index contributed by atoms with van der Waals surface area (Å²) < 4.78 is 16.9. The van der Waals surface area contributed by atoms with Crippen molar-refractivity contribution in [1.82, 2.24) is 4.98 Å². The van der Waals surface area contributed by atoms with Gasteiger partial charge >= 0.3 is 5.97 Å². The van der Waals surface area contributed by atoms with Gasteiger partial charge in [0.1, 0.15) is 5.41 Å². The lowest BCUT2D eigenvalue weighted by Gasteiger charge is -2.26. The van der Waals surface area contributed by atoms with Gasteiger partial charge in [0.05, 0.1) is 19.5 Å². The number of hydrogen-bond acceptors (Lipinski definition) is 5. The molecule has 1 rings (SSSR count). The van der Waals surface area contributed by atoms with Crippen LogP contribution in [0.2, 0.25) is 0 Å². The predicted molar refractivity (Wildman–Crippen MR) is 75.5 cm³/mol. The second-order valence-electron chi connectivity index (χ2n) is 4.29. The summed E-state index contributed by atoms with van der Waals surface area (Å²) >= 11 is 1.43. The third kappa shape index (κ3) is 3.43. The van der Waals surface area contributed by atoms with Crippen LogP contribution in [-0.2, 0) is 14.9 Å². The first-order valence-electron chi connectivity index (χ1n) is 6.48. The SMILES string of the molecule is CCC(CC)(C(=O)OC)c1csc(NCCCF)n1. The van der Waals surface area contributed by atoms with Gasteiger partial charge in [-0.15, -0.1) is 11.3 Å². The zero-order valence-electron chi connectivity index (χ0n) is 11.7. The molecule has 19 heavy (non-hydrogen) atoms. The van der Waals surface area contributed by atoms with Crippen molar-refractivity contribution in [3.63, 3.8) is 0 Å². The number of carbonyl (C=O) groups is 1. The van der Waals surface area contributed by atoms with Crippen LogP contribution in [0.15, 0.2) is 5.38 Å². The van der Waals surface area contributed by atoms with Crippen LogP contribution in [0.5, 0.6) is 0 Å². The van der Waals surface area contributed by atoms with Crippen LogP contribution in [0.3, 0.4) is 0 Å². The second-order valence-corrected chi connectivity index (χ2v) is 5.15. The van der Waals surface area contributed by atoms with Crippen molar-refractivity contribution in [2.24, 2.45) is 0 Å². The minimum Gasteiger partial charge on any atom is -0.468 e. The molecule has 0 bridgehead atoms. The molecule has 1 N–H and O–H groups in total. The van der Waals surface area contributed by atoms with Crippen molar-refractivity contribution in [3.05, 3.63) is 11.1 Å². The lowest BCUT2D eigenvalue weighted by Crippen LogP contribution is -2.36. The topological polar surface area (TPSA) is 51.2 Å². The maximum Gasteiger partial charge on any atom is 0.317 e. The number of ether oxygens (including phenoxy) is 1. The van der Waals surface area contributed by atoms with E-state index < -0.39 is 5.41 Å². The number of carbonyl (C=O) groups excluding carboxylic acids is 1. The van der Waals surface area contributed by atoms with Gasteiger partial charge in [0, 0.05) is 11.9 Å². The first-order valence-corrected chi connectivity index (χ1v) is 7.36. The van der Waals surface area contributed by atoms with E-state index in [0.29, 0.717) is 25.8 Å². The van der Waals surface area contributed by atoms with E-state index in [1.807, 2.05) is 19.2 Å². The monoisotopic (exact) mass is 288 g/mol. The van der Waals surface area contributed by atoms with E-state index in [4.69, 9.17) is 4.74 Å². The first kappa shape index (κ1) is 15.9. The van der Waals surface area contributed by atoms with Gasteiger partial charge < -0.3 is 10.1 Å². The molecule has 0 aliphatic rings. The van der Waals surface area contributed by atoms with E-state index in [1.54, 1.807) is 0 Å². The van der Waals surface area contributed by atoms with Gasteiger partial charge in [-0.1, -0.05) is 13.8 Å². The number of thiazole rings is 1. The van der Waals surface area contributed by atoms with Gasteiger partial charge in [-0.3, -0.25) is 9.18 Å². The average Bonchev–Trinajstić information content (AvgIpc) is 2.90. The van der Waals surface area contributed by atoms with E-state index in [1.165, 1.54) is 18.4 Å². The highest BCUT2D eigenvalue weighted by Gasteiger charge is 2.40. The molecule has 0 aliphatic heterocycles. The fourth-order valence-electron chi connectivity index (χ4n) is 2.04. The summed E-state index contributed by atoms with van der Waals surface area (Å²) in [5.74, 6) is -0.252. The van der Waals surface area contributed by atoms with Crippen molar-refractivity contribution in [2.75, 3.05) is 25.6 Å². The lowest BCUT2D eigenvalue weighted by molar-refractivity contribution is -0.148. The average molecular weight is 288 g/mol. The highest BCUT2D eigenvalue weighted by molar-refractivity contribution is 7.13.